The van der Waals surface area contributed by atoms with E-state index in [1.165, 1.54) is 45.2 Å². The van der Waals surface area contributed by atoms with Crippen molar-refractivity contribution >= 4 is 0 Å². The maximum Gasteiger partial charge on any atom is -0.00218 e. The highest BCUT2D eigenvalue weighted by Crippen LogP contribution is 2.08. The largest absolute Gasteiger partial charge is 0.306 e. The molecule has 1 rings (SSSR count). The predicted molar refractivity (Wildman–Crippen MR) is 51.3 cm³/mol. The minimum absolute atomic E-state index is 0. The van der Waals surface area contributed by atoms with E-state index in [4.69, 9.17) is 0 Å². The second kappa shape index (κ2) is 8.06. The van der Waals surface area contributed by atoms with Crippen LogP contribution in [0.1, 0.15) is 32.1 Å². The Labute approximate surface area is 72.8 Å². The Morgan fingerprint density at radius 3 is 1.55 bits per heavy atom. The zero-order chi connectivity index (χ0) is 6.53. The van der Waals surface area contributed by atoms with Crippen LogP contribution in [-0.4, -0.2) is 25.0 Å². The van der Waals surface area contributed by atoms with Gasteiger partial charge in [-0.1, -0.05) is 34.1 Å². The average Bonchev–Trinajstić information content (AvgIpc) is 1.79. The summed E-state index contributed by atoms with van der Waals surface area (Å²) in [5.41, 5.74) is 0. The standard InChI is InChI=1S/C8H17N.2CH2/c1-9-7-5-3-2-4-6-8-9;;/h2-8H2,1H3;2*1H2. The minimum atomic E-state index is 0. The Balaban J connectivity index is 0. The topological polar surface area (TPSA) is 3.24 Å². The van der Waals surface area contributed by atoms with Crippen LogP contribution in [-0.2, 0) is 0 Å². The first-order valence-corrected chi connectivity index (χ1v) is 4.08. The monoisotopic (exact) mass is 155 g/mol. The summed E-state index contributed by atoms with van der Waals surface area (Å²) in [6, 6.07) is 0. The number of rotatable bonds is 0. The highest BCUT2D eigenvalue weighted by atomic mass is 15.1. The molecule has 0 N–H and O–H groups in total. The zero-order valence-corrected chi connectivity index (χ0v) is 7.81. The molecular weight excluding hydrogens is 134 g/mol. The molecule has 0 aromatic carbocycles. The van der Waals surface area contributed by atoms with Gasteiger partial charge in [-0.05, 0) is 33.0 Å². The summed E-state index contributed by atoms with van der Waals surface area (Å²) in [5, 5.41) is 0. The normalized spacial score (nSPS) is 20.5. The first-order valence-electron chi connectivity index (χ1n) is 4.08. The van der Waals surface area contributed by atoms with E-state index >= 15 is 0 Å². The lowest BCUT2D eigenvalue weighted by molar-refractivity contribution is 0.297. The van der Waals surface area contributed by atoms with E-state index in [-0.39, 0.29) is 14.9 Å². The quantitative estimate of drug-likeness (QED) is 0.519. The van der Waals surface area contributed by atoms with E-state index in [1.807, 2.05) is 0 Å². The molecule has 0 amide bonds. The van der Waals surface area contributed by atoms with E-state index in [2.05, 4.69) is 11.9 Å². The van der Waals surface area contributed by atoms with E-state index < -0.39 is 0 Å². The minimum Gasteiger partial charge on any atom is -0.306 e. The molecule has 0 spiro atoms. The Bertz CT molecular complexity index is 63.3. The van der Waals surface area contributed by atoms with Crippen molar-refractivity contribution in [1.29, 1.82) is 0 Å². The zero-order valence-electron chi connectivity index (χ0n) is 7.81. The molecule has 0 saturated carbocycles. The van der Waals surface area contributed by atoms with E-state index in [0.717, 1.165) is 0 Å². The third kappa shape index (κ3) is 6.36. The van der Waals surface area contributed by atoms with Gasteiger partial charge in [-0.3, -0.25) is 0 Å². The van der Waals surface area contributed by atoms with Crippen LogP contribution >= 0.6 is 0 Å². The molecule has 4 radical (unpaired) electrons. The summed E-state index contributed by atoms with van der Waals surface area (Å²) >= 11 is 0. The molecule has 0 unspecified atom stereocenters. The molecule has 66 valence electrons. The molecule has 0 atom stereocenters. The van der Waals surface area contributed by atoms with Crippen LogP contribution in [0.25, 0.3) is 0 Å². The second-order valence-electron chi connectivity index (χ2n) is 3.07. The number of nitrogens with zero attached hydrogens (tertiary/aromatic N) is 1. The summed E-state index contributed by atoms with van der Waals surface area (Å²) in [4.78, 5) is 2.44. The Kier molecular flexibility index (Phi) is 9.92. The van der Waals surface area contributed by atoms with Gasteiger partial charge in [0.15, 0.2) is 0 Å². The maximum atomic E-state index is 2.44. The van der Waals surface area contributed by atoms with Gasteiger partial charge < -0.3 is 4.90 Å². The van der Waals surface area contributed by atoms with Crippen LogP contribution in [0.4, 0.5) is 0 Å². The second-order valence-corrected chi connectivity index (χ2v) is 3.07. The fourth-order valence-corrected chi connectivity index (χ4v) is 1.41. The van der Waals surface area contributed by atoms with Crippen LogP contribution in [0.3, 0.4) is 0 Å². The Morgan fingerprint density at radius 1 is 0.727 bits per heavy atom. The lowest BCUT2D eigenvalue weighted by Crippen LogP contribution is -2.22. The average molecular weight is 155 g/mol. The van der Waals surface area contributed by atoms with Crippen LogP contribution in [0.15, 0.2) is 0 Å². The first kappa shape index (κ1) is 13.5. The van der Waals surface area contributed by atoms with Crippen LogP contribution in [0, 0.1) is 14.9 Å². The van der Waals surface area contributed by atoms with Gasteiger partial charge in [-0.2, -0.15) is 0 Å². The summed E-state index contributed by atoms with van der Waals surface area (Å²) in [6.07, 6.45) is 7.19. The van der Waals surface area contributed by atoms with Gasteiger partial charge in [0.25, 0.3) is 0 Å². The molecule has 1 heteroatoms. The van der Waals surface area contributed by atoms with Crippen LogP contribution in [0.5, 0.6) is 0 Å². The van der Waals surface area contributed by atoms with Crippen molar-refractivity contribution in [1.82, 2.24) is 4.90 Å². The molecule has 1 aliphatic rings. The summed E-state index contributed by atoms with van der Waals surface area (Å²) < 4.78 is 0. The molecule has 0 aromatic rings. The third-order valence-corrected chi connectivity index (χ3v) is 2.08. The molecule has 1 aliphatic heterocycles. The van der Waals surface area contributed by atoms with Gasteiger partial charge >= 0.3 is 0 Å². The van der Waals surface area contributed by atoms with Crippen molar-refractivity contribution in [3.63, 3.8) is 0 Å². The van der Waals surface area contributed by atoms with Crippen LogP contribution < -0.4 is 0 Å². The maximum absolute atomic E-state index is 2.44. The van der Waals surface area contributed by atoms with Crippen molar-refractivity contribution in [2.75, 3.05) is 20.1 Å². The van der Waals surface area contributed by atoms with Crippen molar-refractivity contribution in [3.05, 3.63) is 14.9 Å². The van der Waals surface area contributed by atoms with Crippen LogP contribution in [0.2, 0.25) is 0 Å². The lowest BCUT2D eigenvalue weighted by atomic mass is 10.1. The van der Waals surface area contributed by atoms with Crippen molar-refractivity contribution < 1.29 is 0 Å². The summed E-state index contributed by atoms with van der Waals surface area (Å²) in [7, 11) is 2.23. The molecule has 1 nitrogen and oxygen atoms in total. The fourth-order valence-electron chi connectivity index (χ4n) is 1.41. The van der Waals surface area contributed by atoms with Gasteiger partial charge in [-0.25, -0.2) is 0 Å². The van der Waals surface area contributed by atoms with Gasteiger partial charge in [-0.15, -0.1) is 0 Å². The smallest absolute Gasteiger partial charge is 0.00218 e. The SMILES string of the molecule is CN1CCCCCCC1.[CH2].[CH2]. The molecule has 1 fully saturated rings. The number of likely N-dealkylation sites (tertiary alicyclic amines) is 1. The molecule has 1 saturated heterocycles. The number of hydrogen-bond donors (Lipinski definition) is 0. The highest BCUT2D eigenvalue weighted by molar-refractivity contribution is 4.56. The van der Waals surface area contributed by atoms with Gasteiger partial charge in [0.05, 0.1) is 0 Å². The Morgan fingerprint density at radius 2 is 1.09 bits per heavy atom. The molecule has 0 aromatic heterocycles. The third-order valence-electron chi connectivity index (χ3n) is 2.08. The van der Waals surface area contributed by atoms with Crippen molar-refractivity contribution in [2.24, 2.45) is 0 Å². The molecular formula is C10H21N. The molecule has 0 aliphatic carbocycles. The summed E-state index contributed by atoms with van der Waals surface area (Å²) in [5.74, 6) is 0. The van der Waals surface area contributed by atoms with E-state index in [9.17, 15) is 0 Å². The van der Waals surface area contributed by atoms with E-state index in [1.54, 1.807) is 0 Å². The van der Waals surface area contributed by atoms with Gasteiger partial charge in [0.2, 0.25) is 0 Å². The predicted octanol–water partition coefficient (Wildman–Crippen LogP) is 2.54. The highest BCUT2D eigenvalue weighted by Gasteiger charge is 2.01. The van der Waals surface area contributed by atoms with Crippen molar-refractivity contribution in [2.45, 2.75) is 32.1 Å². The molecule has 11 heavy (non-hydrogen) atoms. The van der Waals surface area contributed by atoms with Crippen molar-refractivity contribution in [3.8, 4) is 0 Å². The van der Waals surface area contributed by atoms with Gasteiger partial charge in [0.1, 0.15) is 0 Å². The lowest BCUT2D eigenvalue weighted by Gasteiger charge is -2.18. The van der Waals surface area contributed by atoms with Gasteiger partial charge in [0, 0.05) is 0 Å². The number of hydrogen-bond acceptors (Lipinski definition) is 1. The summed E-state index contributed by atoms with van der Waals surface area (Å²) in [6.45, 7) is 2.64. The first-order chi connectivity index (χ1) is 4.39. The Hall–Kier alpha value is -0.0400. The molecule has 1 heterocycles. The fraction of sp³-hybridized carbons (Fsp3) is 0.800. The van der Waals surface area contributed by atoms with E-state index in [0.29, 0.717) is 0 Å². The molecule has 0 bridgehead atoms.